The fourth-order valence-corrected chi connectivity index (χ4v) is 4.16. The van der Waals surface area contributed by atoms with E-state index in [4.69, 9.17) is 20.8 Å². The average Bonchev–Trinajstić information content (AvgIpc) is 3.33. The summed E-state index contributed by atoms with van der Waals surface area (Å²) >= 11 is 7.47. The molecule has 0 spiro atoms. The Kier molecular flexibility index (Phi) is 4.72. The predicted octanol–water partition coefficient (Wildman–Crippen LogP) is 4.55. The molecule has 1 saturated heterocycles. The SMILES string of the molecule is O=C(c1ccco1)c1cc(C2CNCCO2)c(-c2ccc(Cl)cc2)s1. The lowest BCUT2D eigenvalue weighted by Crippen LogP contribution is -2.33. The van der Waals surface area contributed by atoms with E-state index in [0.29, 0.717) is 22.3 Å². The molecule has 4 rings (SSSR count). The molecule has 3 heterocycles. The molecule has 1 aliphatic heterocycles. The first-order valence-electron chi connectivity index (χ1n) is 8.02. The molecular formula is C19H16ClNO3S. The van der Waals surface area contributed by atoms with Crippen LogP contribution in [-0.2, 0) is 4.74 Å². The number of halogens is 1. The van der Waals surface area contributed by atoms with Crippen molar-refractivity contribution in [3.8, 4) is 10.4 Å². The van der Waals surface area contributed by atoms with Gasteiger partial charge in [0.2, 0.25) is 5.78 Å². The third kappa shape index (κ3) is 3.41. The Bertz CT molecular complexity index is 865. The van der Waals surface area contributed by atoms with E-state index in [1.165, 1.54) is 17.6 Å². The molecule has 0 amide bonds. The van der Waals surface area contributed by atoms with Gasteiger partial charge in [-0.3, -0.25) is 4.79 Å². The van der Waals surface area contributed by atoms with Crippen molar-refractivity contribution >= 4 is 28.7 Å². The molecular weight excluding hydrogens is 358 g/mol. The smallest absolute Gasteiger partial charge is 0.238 e. The van der Waals surface area contributed by atoms with Gasteiger partial charge in [0.15, 0.2) is 5.76 Å². The number of hydrogen-bond acceptors (Lipinski definition) is 5. The van der Waals surface area contributed by atoms with Crippen molar-refractivity contribution in [3.63, 3.8) is 0 Å². The number of carbonyl (C=O) groups is 1. The first kappa shape index (κ1) is 16.5. The molecule has 0 saturated carbocycles. The molecule has 1 N–H and O–H groups in total. The summed E-state index contributed by atoms with van der Waals surface area (Å²) in [5.41, 5.74) is 2.05. The molecule has 2 aromatic heterocycles. The lowest BCUT2D eigenvalue weighted by molar-refractivity contribution is 0.0282. The van der Waals surface area contributed by atoms with E-state index in [2.05, 4.69) is 5.32 Å². The van der Waals surface area contributed by atoms with Crippen LogP contribution in [0.1, 0.15) is 27.1 Å². The summed E-state index contributed by atoms with van der Waals surface area (Å²) in [7, 11) is 0. The van der Waals surface area contributed by atoms with Gasteiger partial charge >= 0.3 is 0 Å². The first-order chi connectivity index (χ1) is 12.2. The maximum absolute atomic E-state index is 12.7. The quantitative estimate of drug-likeness (QED) is 0.681. The van der Waals surface area contributed by atoms with Crippen molar-refractivity contribution in [2.45, 2.75) is 6.10 Å². The summed E-state index contributed by atoms with van der Waals surface area (Å²) < 4.78 is 11.2. The minimum absolute atomic E-state index is 0.0752. The highest BCUT2D eigenvalue weighted by atomic mass is 35.5. The zero-order valence-corrected chi connectivity index (χ0v) is 14.9. The molecule has 1 fully saturated rings. The molecule has 0 bridgehead atoms. The molecule has 1 unspecified atom stereocenters. The monoisotopic (exact) mass is 373 g/mol. The third-order valence-corrected chi connectivity index (χ3v) is 5.56. The van der Waals surface area contributed by atoms with E-state index in [1.54, 1.807) is 12.1 Å². The molecule has 3 aromatic rings. The van der Waals surface area contributed by atoms with Gasteiger partial charge in [0, 0.05) is 28.6 Å². The largest absolute Gasteiger partial charge is 0.461 e. The normalized spacial score (nSPS) is 17.6. The van der Waals surface area contributed by atoms with Crippen LogP contribution in [0.5, 0.6) is 0 Å². The number of ether oxygens (including phenoxy) is 1. The molecule has 1 atom stereocenters. The highest BCUT2D eigenvalue weighted by Gasteiger charge is 2.25. The second kappa shape index (κ2) is 7.14. The van der Waals surface area contributed by atoms with Crippen molar-refractivity contribution in [2.24, 2.45) is 0 Å². The van der Waals surface area contributed by atoms with Crippen LogP contribution in [0, 0.1) is 0 Å². The molecule has 1 aliphatic rings. The van der Waals surface area contributed by atoms with Gasteiger partial charge in [-0.05, 0) is 35.9 Å². The zero-order chi connectivity index (χ0) is 17.2. The first-order valence-corrected chi connectivity index (χ1v) is 9.22. The Morgan fingerprint density at radius 2 is 2.08 bits per heavy atom. The van der Waals surface area contributed by atoms with Crippen LogP contribution in [-0.4, -0.2) is 25.5 Å². The van der Waals surface area contributed by atoms with E-state index in [-0.39, 0.29) is 11.9 Å². The fraction of sp³-hybridized carbons (Fsp3) is 0.211. The maximum atomic E-state index is 12.7. The standard InChI is InChI=1S/C19H16ClNO3S/c20-13-5-3-12(4-6-13)19-14(16-11-21-7-9-24-16)10-17(25-19)18(22)15-2-1-8-23-15/h1-6,8,10,16,21H,7,9,11H2. The van der Waals surface area contributed by atoms with Crippen molar-refractivity contribution in [1.29, 1.82) is 0 Å². The molecule has 6 heteroatoms. The van der Waals surface area contributed by atoms with Crippen LogP contribution in [0.2, 0.25) is 5.02 Å². The van der Waals surface area contributed by atoms with Gasteiger partial charge in [-0.1, -0.05) is 23.7 Å². The second-order valence-corrected chi connectivity index (χ2v) is 7.26. The molecule has 0 aliphatic carbocycles. The van der Waals surface area contributed by atoms with Crippen molar-refractivity contribution in [1.82, 2.24) is 5.32 Å². The van der Waals surface area contributed by atoms with Gasteiger partial charge in [0.05, 0.1) is 23.9 Å². The molecule has 0 radical (unpaired) electrons. The highest BCUT2D eigenvalue weighted by molar-refractivity contribution is 7.17. The van der Waals surface area contributed by atoms with Crippen molar-refractivity contribution < 1.29 is 13.9 Å². The molecule has 128 valence electrons. The van der Waals surface area contributed by atoms with Crippen LogP contribution in [0.15, 0.2) is 53.1 Å². The highest BCUT2D eigenvalue weighted by Crippen LogP contribution is 2.39. The summed E-state index contributed by atoms with van der Waals surface area (Å²) in [4.78, 5) is 14.4. The van der Waals surface area contributed by atoms with Crippen LogP contribution >= 0.6 is 22.9 Å². The summed E-state index contributed by atoms with van der Waals surface area (Å²) in [6.07, 6.45) is 1.43. The minimum atomic E-state index is -0.111. The number of rotatable bonds is 4. The molecule has 25 heavy (non-hydrogen) atoms. The van der Waals surface area contributed by atoms with E-state index >= 15 is 0 Å². The summed E-state index contributed by atoms with van der Waals surface area (Å²) in [5, 5.41) is 4.03. The third-order valence-electron chi connectivity index (χ3n) is 4.11. The lowest BCUT2D eigenvalue weighted by Gasteiger charge is -2.24. The number of ketones is 1. The zero-order valence-electron chi connectivity index (χ0n) is 13.3. The number of carbonyl (C=O) groups excluding carboxylic acids is 1. The Morgan fingerprint density at radius 3 is 2.76 bits per heavy atom. The van der Waals surface area contributed by atoms with Gasteiger partial charge < -0.3 is 14.5 Å². The van der Waals surface area contributed by atoms with Gasteiger partial charge in [0.25, 0.3) is 0 Å². The van der Waals surface area contributed by atoms with Gasteiger partial charge in [-0.2, -0.15) is 0 Å². The lowest BCUT2D eigenvalue weighted by atomic mass is 10.0. The summed E-state index contributed by atoms with van der Waals surface area (Å²) in [6.45, 7) is 2.23. The minimum Gasteiger partial charge on any atom is -0.461 e. The van der Waals surface area contributed by atoms with E-state index in [0.717, 1.165) is 29.1 Å². The fourth-order valence-electron chi connectivity index (χ4n) is 2.88. The van der Waals surface area contributed by atoms with Crippen molar-refractivity contribution in [2.75, 3.05) is 19.7 Å². The Balaban J connectivity index is 1.77. The number of nitrogens with one attached hydrogen (secondary N) is 1. The molecule has 4 nitrogen and oxygen atoms in total. The van der Waals surface area contributed by atoms with Crippen LogP contribution in [0.3, 0.4) is 0 Å². The van der Waals surface area contributed by atoms with E-state index in [1.807, 2.05) is 30.3 Å². The number of hydrogen-bond donors (Lipinski definition) is 1. The van der Waals surface area contributed by atoms with Crippen LogP contribution in [0.25, 0.3) is 10.4 Å². The van der Waals surface area contributed by atoms with Gasteiger partial charge in [-0.15, -0.1) is 11.3 Å². The number of thiophene rings is 1. The topological polar surface area (TPSA) is 51.5 Å². The Morgan fingerprint density at radius 1 is 1.24 bits per heavy atom. The number of morpholine rings is 1. The summed E-state index contributed by atoms with van der Waals surface area (Å²) in [5.74, 6) is 0.235. The van der Waals surface area contributed by atoms with Crippen LogP contribution < -0.4 is 5.32 Å². The molecule has 1 aromatic carbocycles. The summed E-state index contributed by atoms with van der Waals surface area (Å²) in [6, 6.07) is 13.0. The maximum Gasteiger partial charge on any atom is 0.238 e. The van der Waals surface area contributed by atoms with Crippen molar-refractivity contribution in [3.05, 3.63) is 70.0 Å². The van der Waals surface area contributed by atoms with E-state index < -0.39 is 0 Å². The number of furan rings is 1. The Hall–Kier alpha value is -1.92. The number of benzene rings is 1. The van der Waals surface area contributed by atoms with E-state index in [9.17, 15) is 4.79 Å². The van der Waals surface area contributed by atoms with Crippen LogP contribution in [0.4, 0.5) is 0 Å². The average molecular weight is 374 g/mol. The van der Waals surface area contributed by atoms with Gasteiger partial charge in [0.1, 0.15) is 0 Å². The second-order valence-electron chi connectivity index (χ2n) is 5.77. The predicted molar refractivity (Wildman–Crippen MR) is 98.5 cm³/mol. The Labute approximate surface area is 154 Å². The van der Waals surface area contributed by atoms with Gasteiger partial charge in [-0.25, -0.2) is 0 Å².